The van der Waals surface area contributed by atoms with E-state index < -0.39 is 36.7 Å². The lowest BCUT2D eigenvalue weighted by Gasteiger charge is -2.34. The van der Waals surface area contributed by atoms with E-state index in [4.69, 9.17) is 10.5 Å². The van der Waals surface area contributed by atoms with E-state index in [1.54, 1.807) is 31.2 Å². The predicted octanol–water partition coefficient (Wildman–Crippen LogP) is 1.47. The maximum atomic E-state index is 13.1. The van der Waals surface area contributed by atoms with Crippen molar-refractivity contribution in [2.24, 2.45) is 10.7 Å². The summed E-state index contributed by atoms with van der Waals surface area (Å²) < 4.78 is 43.5. The van der Waals surface area contributed by atoms with Crippen LogP contribution in [0.4, 0.5) is 24.5 Å². The number of aliphatic hydroxyl groups excluding tert-OH is 1. The van der Waals surface area contributed by atoms with E-state index in [2.05, 4.69) is 10.3 Å². The van der Waals surface area contributed by atoms with Crippen molar-refractivity contribution in [3.8, 4) is 0 Å². The maximum Gasteiger partial charge on any atom is 0.406 e. The molecule has 2 atom stereocenters. The van der Waals surface area contributed by atoms with E-state index in [-0.39, 0.29) is 26.1 Å². The first kappa shape index (κ1) is 27.1. The molecule has 0 aromatic heterocycles. The normalized spacial score (nSPS) is 18.0. The number of halogens is 3. The minimum atomic E-state index is -4.53. The maximum absolute atomic E-state index is 13.1. The van der Waals surface area contributed by atoms with Gasteiger partial charge in [0.1, 0.15) is 12.4 Å². The summed E-state index contributed by atoms with van der Waals surface area (Å²) in [6, 6.07) is 9.65. The highest BCUT2D eigenvalue weighted by atomic mass is 19.4. The monoisotopic (exact) mass is 533 g/mol. The summed E-state index contributed by atoms with van der Waals surface area (Å²) >= 11 is 0. The van der Waals surface area contributed by atoms with Gasteiger partial charge in [-0.15, -0.1) is 0 Å². The summed E-state index contributed by atoms with van der Waals surface area (Å²) in [5.41, 5.74) is 9.24. The van der Waals surface area contributed by atoms with Crippen LogP contribution in [0.5, 0.6) is 0 Å². The van der Waals surface area contributed by atoms with Crippen LogP contribution in [-0.4, -0.2) is 72.1 Å². The molecule has 2 heterocycles. The zero-order valence-electron chi connectivity index (χ0n) is 20.4. The van der Waals surface area contributed by atoms with Gasteiger partial charge < -0.3 is 30.7 Å². The number of amidine groups is 1. The Bertz CT molecular complexity index is 1280. The summed E-state index contributed by atoms with van der Waals surface area (Å²) in [6.45, 7) is 0.574. The first-order valence-corrected chi connectivity index (χ1v) is 11.7. The summed E-state index contributed by atoms with van der Waals surface area (Å²) in [6.07, 6.45) is -7.66. The number of aryl methyl sites for hydroxylation is 1. The number of carbonyl (C=O) groups is 3. The van der Waals surface area contributed by atoms with Crippen molar-refractivity contribution in [2.75, 3.05) is 29.9 Å². The van der Waals surface area contributed by atoms with E-state index in [9.17, 15) is 32.7 Å². The molecule has 38 heavy (non-hydrogen) atoms. The molecule has 1 fully saturated rings. The molecule has 202 valence electrons. The van der Waals surface area contributed by atoms with Crippen LogP contribution in [0.25, 0.3) is 0 Å². The Kier molecular flexibility index (Phi) is 7.69. The Morgan fingerprint density at radius 3 is 2.79 bits per heavy atom. The Balaban J connectivity index is 1.43. The summed E-state index contributed by atoms with van der Waals surface area (Å²) in [4.78, 5) is 43.0. The van der Waals surface area contributed by atoms with Gasteiger partial charge in [-0.25, -0.2) is 0 Å². The van der Waals surface area contributed by atoms with E-state index >= 15 is 0 Å². The molecule has 0 saturated carbocycles. The predicted molar refractivity (Wildman–Crippen MR) is 131 cm³/mol. The molecule has 0 spiro atoms. The molecule has 0 aliphatic carbocycles. The third-order valence-electron chi connectivity index (χ3n) is 6.29. The highest BCUT2D eigenvalue weighted by molar-refractivity contribution is 6.05. The van der Waals surface area contributed by atoms with Gasteiger partial charge in [0, 0.05) is 30.0 Å². The number of nitrogens with zero attached hydrogens (tertiary/aromatic N) is 3. The number of amides is 3. The zero-order valence-corrected chi connectivity index (χ0v) is 20.4. The number of anilines is 2. The van der Waals surface area contributed by atoms with Crippen molar-refractivity contribution < 1.29 is 37.4 Å². The minimum absolute atomic E-state index is 0.0432. The molecule has 2 aromatic rings. The largest absolute Gasteiger partial charge is 0.406 e. The number of nitrogens with one attached hydrogen (secondary N) is 1. The number of alkyl halides is 3. The van der Waals surface area contributed by atoms with Crippen LogP contribution in [0.3, 0.4) is 0 Å². The van der Waals surface area contributed by atoms with Gasteiger partial charge in [0.2, 0.25) is 6.41 Å². The second-order valence-electron chi connectivity index (χ2n) is 9.03. The Labute approximate surface area is 215 Å². The molecule has 0 radical (unpaired) electrons. The smallest absolute Gasteiger partial charge is 0.383 e. The van der Waals surface area contributed by atoms with Crippen molar-refractivity contribution in [1.82, 2.24) is 4.90 Å². The minimum Gasteiger partial charge on any atom is -0.383 e. The number of carbonyl (C=O) groups excluding carboxylic acids is 3. The number of hydrogen-bond acceptors (Lipinski definition) is 7. The summed E-state index contributed by atoms with van der Waals surface area (Å²) in [5, 5.41) is 13.2. The molecule has 10 nitrogen and oxygen atoms in total. The van der Waals surface area contributed by atoms with Crippen LogP contribution < -0.4 is 16.0 Å². The van der Waals surface area contributed by atoms with Gasteiger partial charge in [-0.3, -0.25) is 19.4 Å². The lowest BCUT2D eigenvalue weighted by molar-refractivity contribution is -0.155. The third-order valence-corrected chi connectivity index (χ3v) is 6.29. The average molecular weight is 534 g/mol. The fraction of sp³-hybridized carbons (Fsp3) is 0.360. The average Bonchev–Trinajstić information content (AvgIpc) is 3.23. The molecule has 13 heteroatoms. The number of fused-ring (bicyclic) bond motifs is 1. The third kappa shape index (κ3) is 5.94. The van der Waals surface area contributed by atoms with Gasteiger partial charge >= 0.3 is 6.18 Å². The molecular formula is C25H26F3N5O5. The highest BCUT2D eigenvalue weighted by Gasteiger charge is 2.39. The topological polar surface area (TPSA) is 138 Å². The molecule has 0 bridgehead atoms. The number of benzene rings is 2. The van der Waals surface area contributed by atoms with Crippen LogP contribution in [0.15, 0.2) is 41.4 Å². The van der Waals surface area contributed by atoms with E-state index in [0.717, 1.165) is 11.1 Å². The Hall–Kier alpha value is -3.97. The molecule has 1 saturated heterocycles. The second kappa shape index (κ2) is 10.8. The van der Waals surface area contributed by atoms with E-state index in [0.29, 0.717) is 39.8 Å². The summed E-state index contributed by atoms with van der Waals surface area (Å²) in [7, 11) is 0. The summed E-state index contributed by atoms with van der Waals surface area (Å²) in [5.74, 6) is -1.07. The number of morpholine rings is 1. The quantitative estimate of drug-likeness (QED) is 0.440. The zero-order chi connectivity index (χ0) is 27.6. The molecule has 2 unspecified atom stereocenters. The van der Waals surface area contributed by atoms with Crippen LogP contribution in [0.2, 0.25) is 0 Å². The van der Waals surface area contributed by atoms with Crippen LogP contribution >= 0.6 is 0 Å². The van der Waals surface area contributed by atoms with E-state index in [1.165, 1.54) is 17.0 Å². The molecule has 2 aromatic carbocycles. The van der Waals surface area contributed by atoms with Crippen LogP contribution in [-0.2, 0) is 32.2 Å². The van der Waals surface area contributed by atoms with Gasteiger partial charge in [0.15, 0.2) is 12.2 Å². The number of hydrogen-bond donors (Lipinski definition) is 3. The second-order valence-corrected chi connectivity index (χ2v) is 9.03. The molecule has 4 rings (SSSR count). The van der Waals surface area contributed by atoms with Crippen molar-refractivity contribution in [1.29, 1.82) is 0 Å². The number of aliphatic imine (C=N–C) groups is 1. The van der Waals surface area contributed by atoms with Crippen molar-refractivity contribution >= 4 is 35.4 Å². The number of nitrogens with two attached hydrogens (primary N) is 1. The van der Waals surface area contributed by atoms with Gasteiger partial charge in [-0.05, 0) is 53.9 Å². The van der Waals surface area contributed by atoms with E-state index in [1.807, 2.05) is 0 Å². The number of rotatable bonds is 8. The first-order chi connectivity index (χ1) is 18.0. The standard InChI is InChI=1S/C25H26F3N5O5/c1-14-8-18(4-2-15(14)11-32(13-34)12-25(26,27)28)33-6-7-38-21(24(33)37)20(35)23(36)31-17-3-5-19-16(9-17)10-30-22(19)29/h2-5,8-9,13,20-21,35H,6-7,10-12H2,1H3,(H2,29,30)(H,31,36). The fourth-order valence-corrected chi connectivity index (χ4v) is 4.35. The van der Waals surface area contributed by atoms with Crippen LogP contribution in [0, 0.1) is 6.92 Å². The van der Waals surface area contributed by atoms with Crippen molar-refractivity contribution in [2.45, 2.75) is 38.4 Å². The Morgan fingerprint density at radius 2 is 2.11 bits per heavy atom. The van der Waals surface area contributed by atoms with Crippen molar-refractivity contribution in [3.05, 3.63) is 58.7 Å². The molecular weight excluding hydrogens is 507 g/mol. The van der Waals surface area contributed by atoms with Gasteiger partial charge in [-0.2, -0.15) is 13.2 Å². The first-order valence-electron chi connectivity index (χ1n) is 11.7. The lowest BCUT2D eigenvalue weighted by Crippen LogP contribution is -2.55. The fourth-order valence-electron chi connectivity index (χ4n) is 4.35. The van der Waals surface area contributed by atoms with Gasteiger partial charge in [0.25, 0.3) is 11.8 Å². The number of ether oxygens (including phenoxy) is 1. The SMILES string of the molecule is Cc1cc(N2CCOC(C(O)C(=O)Nc3ccc4c(c3)CN=C4N)C2=O)ccc1CN(C=O)CC(F)(F)F. The molecule has 2 aliphatic heterocycles. The lowest BCUT2D eigenvalue weighted by atomic mass is 10.0. The van der Waals surface area contributed by atoms with Gasteiger partial charge in [0.05, 0.1) is 13.2 Å². The van der Waals surface area contributed by atoms with Crippen molar-refractivity contribution in [3.63, 3.8) is 0 Å². The highest BCUT2D eigenvalue weighted by Crippen LogP contribution is 2.26. The molecule has 3 amide bonds. The molecule has 2 aliphatic rings. The number of aliphatic hydroxyl groups is 1. The molecule has 4 N–H and O–H groups in total. The van der Waals surface area contributed by atoms with Gasteiger partial charge in [-0.1, -0.05) is 6.07 Å². The Morgan fingerprint density at radius 1 is 1.34 bits per heavy atom. The van der Waals surface area contributed by atoms with Crippen LogP contribution in [0.1, 0.15) is 22.3 Å².